The molecule has 0 fully saturated rings. The van der Waals surface area contributed by atoms with Crippen molar-refractivity contribution in [1.29, 1.82) is 0 Å². The number of pyridine rings is 1. The molecule has 0 aliphatic rings. The third kappa shape index (κ3) is 3.23. The fraction of sp³-hybridized carbons (Fsp3) is 0.154. The second-order valence-corrected chi connectivity index (χ2v) is 5.33. The summed E-state index contributed by atoms with van der Waals surface area (Å²) >= 11 is 6.92. The van der Waals surface area contributed by atoms with Gasteiger partial charge in [0.2, 0.25) is 0 Å². The van der Waals surface area contributed by atoms with E-state index in [-0.39, 0.29) is 0 Å². The molecule has 1 aromatic carbocycles. The molecule has 0 atom stereocenters. The third-order valence-corrected chi connectivity index (χ3v) is 3.64. The number of halogens is 2. The van der Waals surface area contributed by atoms with Gasteiger partial charge >= 0.3 is 0 Å². The van der Waals surface area contributed by atoms with Gasteiger partial charge in [-0.15, -0.1) is 0 Å². The van der Waals surface area contributed by atoms with Gasteiger partial charge < -0.3 is 10.1 Å². The molecule has 2 aromatic rings. The van der Waals surface area contributed by atoms with Crippen molar-refractivity contribution in [2.75, 3.05) is 12.4 Å². The highest BCUT2D eigenvalue weighted by Gasteiger charge is 2.06. The molecule has 0 bridgehead atoms. The van der Waals surface area contributed by atoms with Crippen molar-refractivity contribution in [3.63, 3.8) is 0 Å². The number of rotatable bonds is 4. The minimum atomic E-state index is 0.427. The van der Waals surface area contributed by atoms with Crippen LogP contribution < -0.4 is 10.1 Å². The lowest BCUT2D eigenvalue weighted by molar-refractivity contribution is 0.297. The third-order valence-electron chi connectivity index (χ3n) is 2.39. The average Bonchev–Trinajstić information content (AvgIpc) is 2.38. The van der Waals surface area contributed by atoms with Gasteiger partial charge in [-0.2, -0.15) is 0 Å². The van der Waals surface area contributed by atoms with Crippen LogP contribution in [-0.4, -0.2) is 12.0 Å². The molecule has 0 saturated heterocycles. The zero-order valence-electron chi connectivity index (χ0n) is 9.78. The van der Waals surface area contributed by atoms with Gasteiger partial charge in [-0.1, -0.05) is 6.07 Å². The van der Waals surface area contributed by atoms with E-state index >= 15 is 0 Å². The van der Waals surface area contributed by atoms with Crippen molar-refractivity contribution >= 4 is 37.5 Å². The summed E-state index contributed by atoms with van der Waals surface area (Å²) in [4.78, 5) is 4.27. The Balaban J connectivity index is 2.11. The predicted octanol–water partition coefficient (Wildman–Crippen LogP) is 4.23. The second kappa shape index (κ2) is 6.20. The molecule has 2 rings (SSSR count). The molecule has 3 nitrogen and oxygen atoms in total. The summed E-state index contributed by atoms with van der Waals surface area (Å²) in [5, 5.41) is 3.07. The van der Waals surface area contributed by atoms with E-state index in [1.165, 1.54) is 0 Å². The molecule has 0 amide bonds. The van der Waals surface area contributed by atoms with E-state index in [0.717, 1.165) is 26.1 Å². The quantitative estimate of drug-likeness (QED) is 0.873. The SMILES string of the molecule is CNc1ccnc(COc2c(Br)cccc2Br)c1. The Morgan fingerprint density at radius 2 is 1.94 bits per heavy atom. The average molecular weight is 372 g/mol. The Hall–Kier alpha value is -1.07. The van der Waals surface area contributed by atoms with Gasteiger partial charge in [0, 0.05) is 18.9 Å². The highest BCUT2D eigenvalue weighted by molar-refractivity contribution is 9.11. The highest BCUT2D eigenvalue weighted by Crippen LogP contribution is 2.33. The van der Waals surface area contributed by atoms with E-state index in [1.54, 1.807) is 6.20 Å². The molecule has 18 heavy (non-hydrogen) atoms. The van der Waals surface area contributed by atoms with Crippen LogP contribution in [0.2, 0.25) is 0 Å². The van der Waals surface area contributed by atoms with E-state index in [9.17, 15) is 0 Å². The zero-order valence-corrected chi connectivity index (χ0v) is 13.0. The first-order valence-electron chi connectivity index (χ1n) is 5.40. The molecule has 1 heterocycles. The van der Waals surface area contributed by atoms with E-state index < -0.39 is 0 Å². The second-order valence-electron chi connectivity index (χ2n) is 3.63. The van der Waals surface area contributed by atoms with Gasteiger partial charge in [-0.3, -0.25) is 4.98 Å². The Labute approximate surface area is 123 Å². The monoisotopic (exact) mass is 370 g/mol. The smallest absolute Gasteiger partial charge is 0.148 e. The summed E-state index contributed by atoms with van der Waals surface area (Å²) in [5.41, 5.74) is 1.90. The van der Waals surface area contributed by atoms with Crippen LogP contribution in [0, 0.1) is 0 Å². The standard InChI is InChI=1S/C13H12Br2N2O/c1-16-9-5-6-17-10(7-9)8-18-13-11(14)3-2-4-12(13)15/h2-7H,8H2,1H3,(H,16,17). The molecule has 0 aliphatic carbocycles. The molecular formula is C13H12Br2N2O. The Bertz CT molecular complexity index is 526. The molecule has 94 valence electrons. The Morgan fingerprint density at radius 3 is 2.61 bits per heavy atom. The minimum absolute atomic E-state index is 0.427. The van der Waals surface area contributed by atoms with Gasteiger partial charge in [0.25, 0.3) is 0 Å². The van der Waals surface area contributed by atoms with E-state index in [0.29, 0.717) is 6.61 Å². The van der Waals surface area contributed by atoms with Gasteiger partial charge in [0.05, 0.1) is 14.6 Å². The number of nitrogens with zero attached hydrogens (tertiary/aromatic N) is 1. The van der Waals surface area contributed by atoms with Crippen LogP contribution in [0.25, 0.3) is 0 Å². The van der Waals surface area contributed by atoms with Gasteiger partial charge in [0.1, 0.15) is 12.4 Å². The molecular weight excluding hydrogens is 360 g/mol. The van der Waals surface area contributed by atoms with Crippen LogP contribution in [-0.2, 0) is 6.61 Å². The van der Waals surface area contributed by atoms with Crippen LogP contribution in [0.4, 0.5) is 5.69 Å². The van der Waals surface area contributed by atoms with Gasteiger partial charge in [0.15, 0.2) is 0 Å². The van der Waals surface area contributed by atoms with Crippen molar-refractivity contribution in [1.82, 2.24) is 4.98 Å². The van der Waals surface area contributed by atoms with Crippen LogP contribution in [0.5, 0.6) is 5.75 Å². The van der Waals surface area contributed by atoms with E-state index in [2.05, 4.69) is 42.2 Å². The van der Waals surface area contributed by atoms with Gasteiger partial charge in [-0.05, 0) is 56.1 Å². The maximum absolute atomic E-state index is 5.77. The summed E-state index contributed by atoms with van der Waals surface area (Å²) in [7, 11) is 1.88. The van der Waals surface area contributed by atoms with Crippen molar-refractivity contribution in [2.45, 2.75) is 6.61 Å². The number of ether oxygens (including phenoxy) is 1. The lowest BCUT2D eigenvalue weighted by atomic mass is 10.3. The molecule has 0 aliphatic heterocycles. The lowest BCUT2D eigenvalue weighted by Gasteiger charge is -2.10. The van der Waals surface area contributed by atoms with Crippen LogP contribution in [0.3, 0.4) is 0 Å². The Kier molecular flexibility index (Phi) is 4.60. The molecule has 0 saturated carbocycles. The maximum atomic E-state index is 5.77. The normalized spacial score (nSPS) is 10.2. The van der Waals surface area contributed by atoms with E-state index in [4.69, 9.17) is 4.74 Å². The number of anilines is 1. The minimum Gasteiger partial charge on any atom is -0.485 e. The number of hydrogen-bond donors (Lipinski definition) is 1. The van der Waals surface area contributed by atoms with Crippen LogP contribution >= 0.6 is 31.9 Å². The number of hydrogen-bond acceptors (Lipinski definition) is 3. The van der Waals surface area contributed by atoms with Crippen molar-refractivity contribution in [3.8, 4) is 5.75 Å². The molecule has 1 N–H and O–H groups in total. The van der Waals surface area contributed by atoms with Gasteiger partial charge in [-0.25, -0.2) is 0 Å². The molecule has 5 heteroatoms. The van der Waals surface area contributed by atoms with Crippen LogP contribution in [0.15, 0.2) is 45.5 Å². The molecule has 0 radical (unpaired) electrons. The highest BCUT2D eigenvalue weighted by atomic mass is 79.9. The van der Waals surface area contributed by atoms with Crippen molar-refractivity contribution in [3.05, 3.63) is 51.2 Å². The summed E-state index contributed by atoms with van der Waals surface area (Å²) in [6, 6.07) is 9.71. The fourth-order valence-corrected chi connectivity index (χ4v) is 2.71. The molecule has 0 spiro atoms. The van der Waals surface area contributed by atoms with Crippen LogP contribution in [0.1, 0.15) is 5.69 Å². The molecule has 0 unspecified atom stereocenters. The van der Waals surface area contributed by atoms with E-state index in [1.807, 2.05) is 37.4 Å². The summed E-state index contributed by atoms with van der Waals surface area (Å²) in [6.07, 6.45) is 1.76. The fourth-order valence-electron chi connectivity index (χ4n) is 1.48. The largest absolute Gasteiger partial charge is 0.485 e. The Morgan fingerprint density at radius 1 is 1.22 bits per heavy atom. The van der Waals surface area contributed by atoms with Crippen molar-refractivity contribution in [2.24, 2.45) is 0 Å². The first-order chi connectivity index (χ1) is 8.70. The lowest BCUT2D eigenvalue weighted by Crippen LogP contribution is -2.00. The number of para-hydroxylation sites is 1. The summed E-state index contributed by atoms with van der Waals surface area (Å²) < 4.78 is 7.61. The predicted molar refractivity (Wildman–Crippen MR) is 80.0 cm³/mol. The number of nitrogens with one attached hydrogen (secondary N) is 1. The summed E-state index contributed by atoms with van der Waals surface area (Å²) in [6.45, 7) is 0.427. The first-order valence-corrected chi connectivity index (χ1v) is 6.99. The first kappa shape index (κ1) is 13.4. The number of aromatic nitrogens is 1. The van der Waals surface area contributed by atoms with Crippen molar-refractivity contribution < 1.29 is 4.74 Å². The zero-order chi connectivity index (χ0) is 13.0. The summed E-state index contributed by atoms with van der Waals surface area (Å²) in [5.74, 6) is 0.786. The molecule has 1 aromatic heterocycles. The maximum Gasteiger partial charge on any atom is 0.148 e. The number of benzene rings is 1. The topological polar surface area (TPSA) is 34.2 Å².